The highest BCUT2D eigenvalue weighted by Crippen LogP contribution is 2.36. The average Bonchev–Trinajstić information content (AvgIpc) is 3.03. The molecule has 5 fully saturated rings. The summed E-state index contributed by atoms with van der Waals surface area (Å²) in [5.41, 5.74) is 1.90. The van der Waals surface area contributed by atoms with Gasteiger partial charge in [-0.3, -0.25) is 24.5 Å². The van der Waals surface area contributed by atoms with E-state index in [1.165, 1.54) is 5.57 Å². The van der Waals surface area contributed by atoms with Crippen molar-refractivity contribution in [3.05, 3.63) is 11.6 Å². The van der Waals surface area contributed by atoms with Crippen molar-refractivity contribution in [2.45, 2.75) is 200 Å². The molecule has 6 aliphatic rings. The summed E-state index contributed by atoms with van der Waals surface area (Å²) in [5.74, 6) is 0. The minimum Gasteiger partial charge on any atom is -0.296 e. The van der Waals surface area contributed by atoms with E-state index in [1.807, 2.05) is 13.8 Å². The van der Waals surface area contributed by atoms with E-state index in [0.29, 0.717) is 65.4 Å². The van der Waals surface area contributed by atoms with Crippen LogP contribution < -0.4 is 0 Å². The van der Waals surface area contributed by atoms with Crippen LogP contribution in [0, 0.1) is 5.41 Å². The van der Waals surface area contributed by atoms with Crippen molar-refractivity contribution in [3.63, 3.8) is 0 Å². The molecular formula is C48H96N8O6S3. The molecule has 0 saturated carbocycles. The van der Waals surface area contributed by atoms with E-state index in [0.717, 1.165) is 32.6 Å². The molecule has 6 heterocycles. The largest absolute Gasteiger partial charge is 0.296 e. The molecule has 17 heteroatoms. The number of nitrogens with zero attached hydrogens (tertiary/aromatic N) is 8. The number of rotatable bonds is 6. The number of sulfonamides is 3. The summed E-state index contributed by atoms with van der Waals surface area (Å²) in [5, 5.41) is -0.674. The van der Waals surface area contributed by atoms with Gasteiger partial charge in [-0.05, 0) is 130 Å². The quantitative estimate of drug-likeness (QED) is 0.305. The third kappa shape index (κ3) is 13.8. The Hall–Kier alpha value is -0.730. The summed E-state index contributed by atoms with van der Waals surface area (Å²) in [6, 6.07) is 0.120. The van der Waals surface area contributed by atoms with Crippen LogP contribution in [0.5, 0.6) is 0 Å². The van der Waals surface area contributed by atoms with Crippen molar-refractivity contribution in [3.8, 4) is 0 Å². The Morgan fingerprint density at radius 1 is 0.400 bits per heavy atom. The molecular weight excluding hydrogens is 881 g/mol. The van der Waals surface area contributed by atoms with Gasteiger partial charge >= 0.3 is 0 Å². The molecule has 6 aliphatic heterocycles. The summed E-state index contributed by atoms with van der Waals surface area (Å²) in [6.45, 7) is 52.7. The van der Waals surface area contributed by atoms with Crippen LogP contribution >= 0.6 is 0 Å². The first-order valence-corrected chi connectivity index (χ1v) is 29.0. The maximum atomic E-state index is 12.9. The summed E-state index contributed by atoms with van der Waals surface area (Å²) in [6.07, 6.45) is 2.97. The van der Waals surface area contributed by atoms with Gasteiger partial charge in [0.15, 0.2) is 0 Å². The lowest BCUT2D eigenvalue weighted by atomic mass is 9.81. The Bertz CT molecular complexity index is 1960. The molecule has 0 radical (unpaired) electrons. The fourth-order valence-corrected chi connectivity index (χ4v) is 15.3. The monoisotopic (exact) mass is 977 g/mol. The van der Waals surface area contributed by atoms with Gasteiger partial charge in [-0.2, -0.15) is 12.9 Å². The van der Waals surface area contributed by atoms with Crippen LogP contribution in [0.4, 0.5) is 0 Å². The topological polar surface area (TPSA) is 128 Å². The second-order valence-electron chi connectivity index (χ2n) is 26.0. The first kappa shape index (κ1) is 56.9. The van der Waals surface area contributed by atoms with E-state index >= 15 is 0 Å². The first-order valence-electron chi connectivity index (χ1n) is 24.5. The molecule has 0 aliphatic carbocycles. The molecule has 0 amide bonds. The molecule has 382 valence electrons. The molecule has 0 aromatic carbocycles. The SMILES string of the molecule is CC(C)(C)N1CCN(S(=O)(=O)C2CN(C(C)(C)C)C2)CC1.CC1CC(C(C)(C)C)=CCN1S(=O)(=O)C1CN(C(C)(C)C)C1.CC1CN(C(C)(C)C)CCN1S(=O)(=O)C1CN(C(C)(C)C)C1. The smallest absolute Gasteiger partial charge is 0.220 e. The van der Waals surface area contributed by atoms with Gasteiger partial charge in [-0.25, -0.2) is 25.3 Å². The molecule has 6 rings (SSSR count). The maximum absolute atomic E-state index is 12.9. The van der Waals surface area contributed by atoms with Crippen LogP contribution in [0.25, 0.3) is 0 Å². The summed E-state index contributed by atoms with van der Waals surface area (Å²) in [4.78, 5) is 11.5. The molecule has 14 nitrogen and oxygen atoms in total. The Morgan fingerprint density at radius 2 is 0.738 bits per heavy atom. The zero-order valence-electron chi connectivity index (χ0n) is 44.8. The highest BCUT2D eigenvalue weighted by atomic mass is 32.2. The molecule has 5 saturated heterocycles. The van der Waals surface area contributed by atoms with Crippen molar-refractivity contribution in [1.82, 2.24) is 37.4 Å². The second-order valence-corrected chi connectivity index (χ2v) is 32.5. The normalized spacial score (nSPS) is 26.6. The Balaban J connectivity index is 0.000000213. The third-order valence-corrected chi connectivity index (χ3v) is 21.7. The van der Waals surface area contributed by atoms with Crippen molar-refractivity contribution in [2.24, 2.45) is 5.41 Å². The summed E-state index contributed by atoms with van der Waals surface area (Å²) < 4.78 is 82.1. The van der Waals surface area contributed by atoms with Gasteiger partial charge in [-0.15, -0.1) is 0 Å². The Morgan fingerprint density at radius 3 is 1.06 bits per heavy atom. The standard InChI is InChI=1S/C17H32N2O2S.C16H33N3O2S.C15H31N3O2S/c1-13-10-14(16(2,3)4)8-9-19(13)22(20,21)15-11-18(12-15)17(5,6)7;1-13-10-17(15(2,3)4)8-9-19(13)22(20,21)14-11-18(12-14)16(5,6)7;1-14(2,3)16-7-9-18(10-8-16)21(19,20)13-11-17(12-13)15(4,5)6/h8,13,15H,9-12H2,1-7H3;13-14H,8-12H2,1-7H3;13H,7-12H2,1-6H3. The van der Waals surface area contributed by atoms with Gasteiger partial charge in [0.2, 0.25) is 30.1 Å². The van der Waals surface area contributed by atoms with E-state index in [9.17, 15) is 25.3 Å². The van der Waals surface area contributed by atoms with Gasteiger partial charge in [0.25, 0.3) is 0 Å². The van der Waals surface area contributed by atoms with Crippen LogP contribution in [0.3, 0.4) is 0 Å². The van der Waals surface area contributed by atoms with E-state index in [-0.39, 0.29) is 60.9 Å². The summed E-state index contributed by atoms with van der Waals surface area (Å²) in [7, 11) is -9.48. The molecule has 0 bridgehead atoms. The first-order chi connectivity index (χ1) is 29.1. The van der Waals surface area contributed by atoms with E-state index < -0.39 is 30.1 Å². The molecule has 0 N–H and O–H groups in total. The predicted molar refractivity (Wildman–Crippen MR) is 271 cm³/mol. The van der Waals surface area contributed by atoms with Gasteiger partial charge < -0.3 is 0 Å². The molecule has 0 spiro atoms. The lowest BCUT2D eigenvalue weighted by Crippen LogP contribution is -2.66. The van der Waals surface area contributed by atoms with E-state index in [2.05, 4.69) is 155 Å². The van der Waals surface area contributed by atoms with Gasteiger partial charge in [0.05, 0.1) is 0 Å². The minimum absolute atomic E-state index is 0.0544. The number of hydrogen-bond donors (Lipinski definition) is 0. The van der Waals surface area contributed by atoms with Crippen LogP contribution in [-0.2, 0) is 30.1 Å². The van der Waals surface area contributed by atoms with Gasteiger partial charge in [-0.1, -0.05) is 32.4 Å². The molecule has 0 aromatic rings. The zero-order valence-corrected chi connectivity index (χ0v) is 47.3. The number of hydrogen-bond acceptors (Lipinski definition) is 11. The number of likely N-dealkylation sites (tertiary alicyclic amines) is 3. The fraction of sp³-hybridized carbons (Fsp3) is 0.958. The van der Waals surface area contributed by atoms with Crippen molar-refractivity contribution >= 4 is 30.1 Å². The highest BCUT2D eigenvalue weighted by molar-refractivity contribution is 7.90. The molecule has 0 aromatic heterocycles. The Kier molecular flexibility index (Phi) is 17.3. The third-order valence-electron chi connectivity index (χ3n) is 14.9. The van der Waals surface area contributed by atoms with E-state index in [4.69, 9.17) is 0 Å². The Labute approximate surface area is 400 Å². The molecule has 65 heavy (non-hydrogen) atoms. The van der Waals surface area contributed by atoms with Crippen molar-refractivity contribution in [2.75, 3.05) is 91.6 Å². The van der Waals surface area contributed by atoms with Gasteiger partial charge in [0.1, 0.15) is 15.7 Å². The minimum atomic E-state index is -3.19. The van der Waals surface area contributed by atoms with Crippen LogP contribution in [0.1, 0.15) is 145 Å². The highest BCUT2D eigenvalue weighted by Gasteiger charge is 2.49. The number of piperazine rings is 2. The average molecular weight is 978 g/mol. The fourth-order valence-electron chi connectivity index (χ4n) is 9.51. The van der Waals surface area contributed by atoms with E-state index in [1.54, 1.807) is 12.9 Å². The molecule has 2 atom stereocenters. The van der Waals surface area contributed by atoms with Crippen molar-refractivity contribution < 1.29 is 25.3 Å². The summed E-state index contributed by atoms with van der Waals surface area (Å²) >= 11 is 0. The lowest BCUT2D eigenvalue weighted by molar-refractivity contribution is 0.0533. The van der Waals surface area contributed by atoms with Crippen molar-refractivity contribution in [1.29, 1.82) is 0 Å². The predicted octanol–water partition coefficient (Wildman–Crippen LogP) is 5.68. The maximum Gasteiger partial charge on any atom is 0.220 e. The lowest BCUT2D eigenvalue weighted by Gasteiger charge is -2.50. The van der Waals surface area contributed by atoms with Gasteiger partial charge in [0, 0.05) is 131 Å². The second kappa shape index (κ2) is 19.8. The van der Waals surface area contributed by atoms with Crippen LogP contribution in [0.2, 0.25) is 0 Å². The zero-order chi connectivity index (χ0) is 49.9. The van der Waals surface area contributed by atoms with Crippen LogP contribution in [-0.4, -0.2) is 210 Å². The molecule has 2 unspecified atom stereocenters. The van der Waals surface area contributed by atoms with Crippen LogP contribution in [0.15, 0.2) is 11.6 Å².